The fourth-order valence-electron chi connectivity index (χ4n) is 13.5. The Balaban J connectivity index is 0.000000155. The summed E-state index contributed by atoms with van der Waals surface area (Å²) in [5.41, 5.74) is 26.4. The predicted molar refractivity (Wildman–Crippen MR) is 546 cm³/mol. The normalized spacial score (nSPS) is 10.3. The molecule has 0 saturated heterocycles. The third kappa shape index (κ3) is 32.4. The van der Waals surface area contributed by atoms with E-state index in [4.69, 9.17) is 10.2 Å². The maximum atomic E-state index is 10.3. The number of carboxylic acid groups (broad SMARTS) is 2. The second-order valence-corrected chi connectivity index (χ2v) is 29.6. The minimum atomic E-state index is -1.24. The number of allylic oxidation sites excluding steroid dienone is 2. The van der Waals surface area contributed by atoms with E-state index in [2.05, 4.69) is 133 Å². The zero-order chi connectivity index (χ0) is 94.6. The fourth-order valence-corrected chi connectivity index (χ4v) is 13.5. The molecule has 21 aromatic rings. The Morgan fingerprint density at radius 1 is 0.218 bits per heavy atom. The quantitative estimate of drug-likeness (QED) is 0.0857. The van der Waals surface area contributed by atoms with E-state index in [0.29, 0.717) is 0 Å². The smallest absolute Gasteiger partial charge is 0.679 e. The third-order valence-corrected chi connectivity index (χ3v) is 20.1. The Labute approximate surface area is 881 Å². The van der Waals surface area contributed by atoms with Gasteiger partial charge in [-0.15, -0.1) is 228 Å². The largest absolute Gasteiger partial charge is 3.00 e. The molecule has 20 heteroatoms. The van der Waals surface area contributed by atoms with Crippen molar-refractivity contribution in [3.63, 3.8) is 0 Å². The Hall–Kier alpha value is -16.3. The Morgan fingerprint density at radius 2 is 0.437 bits per heavy atom. The van der Waals surface area contributed by atoms with Gasteiger partial charge in [-0.2, -0.15) is 103 Å². The van der Waals surface area contributed by atoms with E-state index >= 15 is 0 Å². The van der Waals surface area contributed by atoms with Gasteiger partial charge in [-0.25, -0.2) is 53.4 Å². The van der Waals surface area contributed by atoms with Gasteiger partial charge >= 0.3 is 52.1 Å². The fraction of sp³-hybridized carbons (Fsp3) is 0.00820. The minimum absolute atomic E-state index is 0. The number of nitrogens with zero attached hydrogens (tertiary/aromatic N) is 12. The van der Waals surface area contributed by atoms with Crippen LogP contribution >= 0.6 is 0 Å². The number of hydrogen-bond acceptors (Lipinski definition) is 13. The van der Waals surface area contributed by atoms with Crippen molar-refractivity contribution < 1.29 is 100 Å². The van der Waals surface area contributed by atoms with E-state index in [0.717, 1.165) is 164 Å². The standard InChI is InChI=1S/C18H11.2C17H11N.3C16H11N2.C15H12N3.C7H5NO4.4Ir/c1-3-8-15(9-4-1)17-12-7-13-18(14-17)16-10-5-2-6-11-16;1-3-8-14(9-4-1)16-12-7-13-17(18-16)15-10-5-2-6-11-15;1-2-7-14(8-3-1)15-9-6-10-16(13-15)17-11-4-5-12-18-17;1-3-10-17-15(8-1)13-6-5-7-14(12-13)16-9-2-4-11-18-16;2*1-2-7-13(8-3-1)14-10-6-11-16(18-14)15-9-4-5-12-17-15;1-3-10-16-12(6-1)14-8-5-9-15(18-14)13-7-2-4-11-17-13;9-6(10)4-2-1-3-5(8-4)7(11)12;;;;/h2*1-8,10,12-13H;1-7,9-12H;1-11H;2*1-7,9-12H;1-10H,11H2;1-3H,(H,9,10)(H,11,12);;;;/q-3;2*-2;4*-1;;;;2*+3. The van der Waals surface area contributed by atoms with Gasteiger partial charge in [0.15, 0.2) is 0 Å². The van der Waals surface area contributed by atoms with Crippen LogP contribution < -0.4 is 0 Å². The molecule has 0 unspecified atom stereocenters. The first-order valence-corrected chi connectivity index (χ1v) is 43.9. The van der Waals surface area contributed by atoms with Crippen LogP contribution in [0.15, 0.2) is 480 Å². The Morgan fingerprint density at radius 3 is 0.704 bits per heavy atom. The van der Waals surface area contributed by atoms with Crippen LogP contribution in [0.3, 0.4) is 0 Å². The van der Waals surface area contributed by atoms with Crippen LogP contribution in [0.4, 0.5) is 0 Å². The van der Waals surface area contributed by atoms with Crippen molar-refractivity contribution in [1.29, 1.82) is 0 Å². The van der Waals surface area contributed by atoms with Gasteiger partial charge in [0, 0.05) is 100 Å². The summed E-state index contributed by atoms with van der Waals surface area (Å²) in [6, 6.07) is 169. The average Bonchev–Trinajstić information content (AvgIpc) is 0.861. The molecule has 2 N–H and O–H groups in total. The first-order chi connectivity index (χ1) is 68.1. The third-order valence-electron chi connectivity index (χ3n) is 20.1. The maximum Gasteiger partial charge on any atom is 3.00 e. The summed E-state index contributed by atoms with van der Waals surface area (Å²) in [7, 11) is 0. The molecule has 1 aliphatic heterocycles. The van der Waals surface area contributed by atoms with E-state index in [1.807, 2.05) is 413 Å². The number of carboxylic acids is 2. The number of aromatic carboxylic acids is 2. The van der Waals surface area contributed by atoms with Gasteiger partial charge < -0.3 is 20.5 Å². The molecule has 11 aromatic heterocycles. The molecule has 0 aliphatic carbocycles. The number of rotatable bonds is 16. The minimum Gasteiger partial charge on any atom is -0.679 e. The van der Waals surface area contributed by atoms with E-state index in [9.17, 15) is 9.59 Å². The van der Waals surface area contributed by atoms with E-state index in [1.54, 1.807) is 37.2 Å². The summed E-state index contributed by atoms with van der Waals surface area (Å²) >= 11 is 0. The van der Waals surface area contributed by atoms with Crippen LogP contribution in [0.1, 0.15) is 26.7 Å². The molecule has 0 amide bonds. The van der Waals surface area contributed by atoms with Gasteiger partial charge in [0.05, 0.1) is 34.2 Å². The van der Waals surface area contributed by atoms with Crippen molar-refractivity contribution in [2.24, 2.45) is 0 Å². The second kappa shape index (κ2) is 57.8. The summed E-state index contributed by atoms with van der Waals surface area (Å²) in [5, 5.41) is 21.3. The second-order valence-electron chi connectivity index (χ2n) is 29.6. The van der Waals surface area contributed by atoms with Crippen LogP contribution in [-0.4, -0.2) is 83.5 Å². The molecule has 10 aromatic carbocycles. The van der Waals surface area contributed by atoms with Gasteiger partial charge in [-0.1, -0.05) is 132 Å². The zero-order valence-corrected chi connectivity index (χ0v) is 85.3. The number of aromatic nitrogens is 11. The molecule has 0 atom stereocenters. The van der Waals surface area contributed by atoms with Crippen LogP contribution in [0, 0.1) is 60.7 Å². The summed E-state index contributed by atoms with van der Waals surface area (Å²) in [4.78, 5) is 68.4. The van der Waals surface area contributed by atoms with Crippen molar-refractivity contribution in [3.8, 4) is 146 Å². The van der Waals surface area contributed by atoms with E-state index in [-0.39, 0.29) is 91.8 Å². The Kier molecular flexibility index (Phi) is 43.2. The molecule has 12 heterocycles. The number of hydrogen-bond donors (Lipinski definition) is 2. The summed E-state index contributed by atoms with van der Waals surface area (Å²) in [6.07, 6.45) is 16.7. The molecule has 0 spiro atoms. The number of pyridine rings is 11. The monoisotopic (exact) mass is 2550 g/mol. The van der Waals surface area contributed by atoms with Crippen molar-refractivity contribution in [2.45, 2.75) is 0 Å². The molecule has 0 saturated carbocycles. The van der Waals surface area contributed by atoms with Crippen LogP contribution in [-0.2, 0) is 80.4 Å². The predicted octanol–water partition coefficient (Wildman–Crippen LogP) is 27.2. The van der Waals surface area contributed by atoms with E-state index in [1.165, 1.54) is 18.2 Å². The molecule has 1 aliphatic rings. The van der Waals surface area contributed by atoms with Gasteiger partial charge in [0.1, 0.15) is 11.4 Å². The molecular formula is C122H83Ir4N12O4-5. The molecule has 0 fully saturated rings. The molecule has 696 valence electrons. The Bertz CT molecular complexity index is 6140. The summed E-state index contributed by atoms with van der Waals surface area (Å²) < 4.78 is 0. The molecule has 16 nitrogen and oxygen atoms in total. The number of benzene rings is 10. The summed E-state index contributed by atoms with van der Waals surface area (Å²) in [5.74, 6) is -2.48. The number of carbonyl (C=O) groups is 2. The molecule has 0 bridgehead atoms. The van der Waals surface area contributed by atoms with Crippen LogP contribution in [0.25, 0.3) is 157 Å². The first-order valence-electron chi connectivity index (χ1n) is 43.9. The molecule has 2 radical (unpaired) electrons. The van der Waals surface area contributed by atoms with Crippen molar-refractivity contribution in [1.82, 2.24) is 54.8 Å². The molecular weight excluding hydrogens is 2470 g/mol. The molecule has 142 heavy (non-hydrogen) atoms. The van der Waals surface area contributed by atoms with Crippen molar-refractivity contribution in [3.05, 3.63) is 563 Å². The van der Waals surface area contributed by atoms with Gasteiger partial charge in [0.25, 0.3) is 0 Å². The van der Waals surface area contributed by atoms with Gasteiger partial charge in [0.2, 0.25) is 0 Å². The van der Waals surface area contributed by atoms with Crippen LogP contribution in [0.5, 0.6) is 0 Å². The van der Waals surface area contributed by atoms with E-state index < -0.39 is 11.9 Å². The van der Waals surface area contributed by atoms with Gasteiger partial charge in [-0.3, -0.25) is 39.9 Å². The van der Waals surface area contributed by atoms with Crippen molar-refractivity contribution in [2.75, 3.05) is 6.54 Å². The van der Waals surface area contributed by atoms with Gasteiger partial charge in [-0.05, 0) is 114 Å². The maximum absolute atomic E-state index is 10.3. The van der Waals surface area contributed by atoms with Crippen LogP contribution in [0.2, 0.25) is 0 Å². The van der Waals surface area contributed by atoms with Crippen molar-refractivity contribution >= 4 is 17.6 Å². The SMILES string of the molecule is C1=CC[N-]C(c2cccc(-c3ccccn3)n2)=C1.O=C(O)c1cccc(C(=O)O)n1.[Ir+3].[Ir+3].[Ir].[Ir].[c-]1c(-c2ccccn2)cccc1-c1ccccn1.[c-]1ccccc1-c1[c-]c(-c2[c-]cccc2)ccc1.[c-]1ccccc1-c1[c-]c(-c2ccccn2)ccc1.[c-]1ccccc1-c1cccc(-c2[c-]cccc2)n1.[c-]1ccccc1-c1cccc(-c2ccccn2)n1.[c-]1ccccc1-c1cccc(-c2ccccn2)n1. The molecule has 22 rings (SSSR count). The average molecular weight is 2550 g/mol. The summed E-state index contributed by atoms with van der Waals surface area (Å²) in [6.45, 7) is 0.724. The zero-order valence-electron chi connectivity index (χ0n) is 75.7. The first kappa shape index (κ1) is 106. The topological polar surface area (TPSA) is 230 Å².